The molecule has 0 aromatic carbocycles. The summed E-state index contributed by atoms with van der Waals surface area (Å²) in [5.41, 5.74) is 0. The van der Waals surface area contributed by atoms with E-state index in [0.29, 0.717) is 0 Å². The fraction of sp³-hybridized carbons (Fsp3) is 1.00. The number of rotatable bonds is 5. The Bertz CT molecular complexity index is 243. The van der Waals surface area contributed by atoms with Crippen molar-refractivity contribution < 1.29 is 0 Å². The first-order valence-corrected chi connectivity index (χ1v) is 9.03. The second-order valence-corrected chi connectivity index (χ2v) is 8.11. The van der Waals surface area contributed by atoms with Gasteiger partial charge in [-0.25, -0.2) is 0 Å². The zero-order valence-electron chi connectivity index (χ0n) is 12.5. The SMILES string of the molecule is CCCNC1CCC(SC2CCCC(C)C2)C1C. The molecule has 0 spiro atoms. The third kappa shape index (κ3) is 3.90. The molecule has 0 saturated heterocycles. The molecule has 5 unspecified atom stereocenters. The van der Waals surface area contributed by atoms with Crippen LogP contribution in [0.5, 0.6) is 0 Å². The van der Waals surface area contributed by atoms with Crippen LogP contribution in [0, 0.1) is 11.8 Å². The molecule has 106 valence electrons. The highest BCUT2D eigenvalue weighted by molar-refractivity contribution is 8.00. The molecule has 0 amide bonds. The lowest BCUT2D eigenvalue weighted by Crippen LogP contribution is -2.34. The van der Waals surface area contributed by atoms with Gasteiger partial charge >= 0.3 is 0 Å². The predicted molar refractivity (Wildman–Crippen MR) is 83.3 cm³/mol. The van der Waals surface area contributed by atoms with Crippen LogP contribution in [0.2, 0.25) is 0 Å². The van der Waals surface area contributed by atoms with E-state index in [4.69, 9.17) is 0 Å². The fourth-order valence-corrected chi connectivity index (χ4v) is 5.63. The van der Waals surface area contributed by atoms with E-state index >= 15 is 0 Å². The maximum absolute atomic E-state index is 3.74. The number of hydrogen-bond donors (Lipinski definition) is 1. The first kappa shape index (κ1) is 14.7. The van der Waals surface area contributed by atoms with Crippen molar-refractivity contribution in [3.63, 3.8) is 0 Å². The minimum absolute atomic E-state index is 0.795. The maximum atomic E-state index is 3.74. The van der Waals surface area contributed by atoms with Gasteiger partial charge in [0, 0.05) is 16.5 Å². The Morgan fingerprint density at radius 2 is 1.94 bits per heavy atom. The van der Waals surface area contributed by atoms with Crippen LogP contribution in [-0.4, -0.2) is 23.1 Å². The molecule has 5 atom stereocenters. The summed E-state index contributed by atoms with van der Waals surface area (Å²) in [6.45, 7) is 8.38. The van der Waals surface area contributed by atoms with E-state index in [2.05, 4.69) is 37.8 Å². The minimum atomic E-state index is 0.795. The van der Waals surface area contributed by atoms with Crippen LogP contribution in [0.1, 0.15) is 65.7 Å². The third-order valence-corrected chi connectivity index (χ3v) is 6.72. The molecule has 2 aliphatic carbocycles. The summed E-state index contributed by atoms with van der Waals surface area (Å²) in [4.78, 5) is 0. The highest BCUT2D eigenvalue weighted by Gasteiger charge is 2.34. The number of hydrogen-bond acceptors (Lipinski definition) is 2. The highest BCUT2D eigenvalue weighted by Crippen LogP contribution is 2.42. The van der Waals surface area contributed by atoms with Crippen LogP contribution >= 0.6 is 11.8 Å². The van der Waals surface area contributed by atoms with Crippen molar-refractivity contribution >= 4 is 11.8 Å². The van der Waals surface area contributed by atoms with Crippen LogP contribution in [-0.2, 0) is 0 Å². The molecular weight excluding hydrogens is 238 g/mol. The van der Waals surface area contributed by atoms with Crippen LogP contribution < -0.4 is 5.32 Å². The summed E-state index contributed by atoms with van der Waals surface area (Å²) in [6, 6.07) is 0.795. The van der Waals surface area contributed by atoms with Crippen molar-refractivity contribution in [2.24, 2.45) is 11.8 Å². The van der Waals surface area contributed by atoms with E-state index in [-0.39, 0.29) is 0 Å². The smallest absolute Gasteiger partial charge is 0.0104 e. The molecule has 1 N–H and O–H groups in total. The Balaban J connectivity index is 1.76. The maximum Gasteiger partial charge on any atom is 0.0104 e. The molecule has 1 nitrogen and oxygen atoms in total. The monoisotopic (exact) mass is 269 g/mol. The van der Waals surface area contributed by atoms with E-state index in [1.807, 2.05) is 0 Å². The molecular formula is C16H31NS. The summed E-state index contributed by atoms with van der Waals surface area (Å²) < 4.78 is 0. The van der Waals surface area contributed by atoms with Gasteiger partial charge in [-0.2, -0.15) is 11.8 Å². The third-order valence-electron chi connectivity index (χ3n) is 4.90. The molecule has 2 aliphatic rings. The van der Waals surface area contributed by atoms with Gasteiger partial charge in [-0.1, -0.05) is 33.6 Å². The predicted octanol–water partition coefficient (Wildman–Crippen LogP) is 4.47. The Kier molecular flexibility index (Phi) is 5.88. The average molecular weight is 269 g/mol. The van der Waals surface area contributed by atoms with Gasteiger partial charge in [0.1, 0.15) is 0 Å². The molecule has 0 bridgehead atoms. The summed E-state index contributed by atoms with van der Waals surface area (Å²) in [7, 11) is 0. The molecule has 18 heavy (non-hydrogen) atoms. The van der Waals surface area contributed by atoms with Crippen molar-refractivity contribution in [2.45, 2.75) is 82.3 Å². The molecule has 2 rings (SSSR count). The fourth-order valence-electron chi connectivity index (χ4n) is 3.69. The average Bonchev–Trinajstić information content (AvgIpc) is 2.69. The Labute approximate surface area is 118 Å². The lowest BCUT2D eigenvalue weighted by atomic mass is 9.90. The van der Waals surface area contributed by atoms with Gasteiger partial charge in [0.25, 0.3) is 0 Å². The van der Waals surface area contributed by atoms with Gasteiger partial charge < -0.3 is 5.32 Å². The summed E-state index contributed by atoms with van der Waals surface area (Å²) >= 11 is 2.34. The Morgan fingerprint density at radius 1 is 1.11 bits per heavy atom. The summed E-state index contributed by atoms with van der Waals surface area (Å²) in [5, 5.41) is 5.63. The lowest BCUT2D eigenvalue weighted by Gasteiger charge is -2.30. The summed E-state index contributed by atoms with van der Waals surface area (Å²) in [6.07, 6.45) is 10.0. The van der Waals surface area contributed by atoms with Crippen molar-refractivity contribution in [1.29, 1.82) is 0 Å². The Morgan fingerprint density at radius 3 is 2.67 bits per heavy atom. The quantitative estimate of drug-likeness (QED) is 0.790. The number of thioether (sulfide) groups is 1. The standard InChI is InChI=1S/C16H31NS/c1-4-10-17-15-8-9-16(13(15)3)18-14-7-5-6-12(2)11-14/h12-17H,4-11H2,1-3H3. The second-order valence-electron chi connectivity index (χ2n) is 6.57. The van der Waals surface area contributed by atoms with Crippen molar-refractivity contribution in [2.75, 3.05) is 6.54 Å². The van der Waals surface area contributed by atoms with Gasteiger partial charge in [0.15, 0.2) is 0 Å². The largest absolute Gasteiger partial charge is 0.314 e. The van der Waals surface area contributed by atoms with E-state index in [1.165, 1.54) is 51.5 Å². The van der Waals surface area contributed by atoms with Crippen LogP contribution in [0.3, 0.4) is 0 Å². The molecule has 0 aliphatic heterocycles. The highest BCUT2D eigenvalue weighted by atomic mass is 32.2. The van der Waals surface area contributed by atoms with Crippen LogP contribution in [0.15, 0.2) is 0 Å². The molecule has 0 aromatic rings. The minimum Gasteiger partial charge on any atom is -0.314 e. The van der Waals surface area contributed by atoms with E-state index in [9.17, 15) is 0 Å². The van der Waals surface area contributed by atoms with E-state index in [1.54, 1.807) is 0 Å². The van der Waals surface area contributed by atoms with Gasteiger partial charge in [0.2, 0.25) is 0 Å². The molecule has 2 heteroatoms. The molecule has 0 aromatic heterocycles. The van der Waals surface area contributed by atoms with Gasteiger partial charge in [-0.15, -0.1) is 0 Å². The zero-order chi connectivity index (χ0) is 13.0. The first-order chi connectivity index (χ1) is 8.70. The van der Waals surface area contributed by atoms with Crippen molar-refractivity contribution in [3.05, 3.63) is 0 Å². The molecule has 2 saturated carbocycles. The second kappa shape index (κ2) is 7.19. The zero-order valence-corrected chi connectivity index (χ0v) is 13.3. The topological polar surface area (TPSA) is 12.0 Å². The normalized spacial score (nSPS) is 41.2. The first-order valence-electron chi connectivity index (χ1n) is 8.09. The Hall–Kier alpha value is 0.310. The van der Waals surface area contributed by atoms with Gasteiger partial charge in [-0.05, 0) is 50.5 Å². The molecule has 2 fully saturated rings. The van der Waals surface area contributed by atoms with Crippen molar-refractivity contribution in [1.82, 2.24) is 5.32 Å². The van der Waals surface area contributed by atoms with Crippen LogP contribution in [0.25, 0.3) is 0 Å². The molecule has 0 heterocycles. The van der Waals surface area contributed by atoms with E-state index < -0.39 is 0 Å². The van der Waals surface area contributed by atoms with Crippen molar-refractivity contribution in [3.8, 4) is 0 Å². The van der Waals surface area contributed by atoms with Crippen LogP contribution in [0.4, 0.5) is 0 Å². The van der Waals surface area contributed by atoms with E-state index in [0.717, 1.165) is 28.4 Å². The van der Waals surface area contributed by atoms with Gasteiger partial charge in [0.05, 0.1) is 0 Å². The summed E-state index contributed by atoms with van der Waals surface area (Å²) in [5.74, 6) is 1.85. The lowest BCUT2D eigenvalue weighted by molar-refractivity contribution is 0.391. The van der Waals surface area contributed by atoms with Gasteiger partial charge in [-0.3, -0.25) is 0 Å². The molecule has 0 radical (unpaired) electrons. The number of nitrogens with one attached hydrogen (secondary N) is 1.